The van der Waals surface area contributed by atoms with E-state index in [1.165, 1.54) is 11.1 Å². The van der Waals surface area contributed by atoms with Gasteiger partial charge in [-0.05, 0) is 31.7 Å². The molecule has 0 atom stereocenters. The molecule has 0 radical (unpaired) electrons. The van der Waals surface area contributed by atoms with Gasteiger partial charge in [0.05, 0.1) is 0 Å². The molecular formula is C13H17N3S3. The first-order chi connectivity index (χ1) is 9.19. The van der Waals surface area contributed by atoms with Crippen LogP contribution in [0.2, 0.25) is 0 Å². The molecule has 0 spiro atoms. The number of hydrogen-bond acceptors (Lipinski definition) is 6. The minimum atomic E-state index is 0.860. The fraction of sp³-hybridized carbons (Fsp3) is 0.385. The van der Waals surface area contributed by atoms with Crippen molar-refractivity contribution in [2.75, 3.05) is 23.1 Å². The Bertz CT molecular complexity index is 540. The normalized spacial score (nSPS) is 10.7. The third-order valence-electron chi connectivity index (χ3n) is 2.54. The first kappa shape index (κ1) is 14.7. The molecule has 102 valence electrons. The Morgan fingerprint density at radius 1 is 1.21 bits per heavy atom. The Labute approximate surface area is 126 Å². The van der Waals surface area contributed by atoms with Crippen molar-refractivity contribution in [3.63, 3.8) is 0 Å². The summed E-state index contributed by atoms with van der Waals surface area (Å²) in [7, 11) is 0. The summed E-state index contributed by atoms with van der Waals surface area (Å²) >= 11 is 5.23. The van der Waals surface area contributed by atoms with Crippen LogP contribution in [-0.4, -0.2) is 28.0 Å². The quantitative estimate of drug-likeness (QED) is 0.634. The molecule has 1 N–H and O–H groups in total. The van der Waals surface area contributed by atoms with Gasteiger partial charge >= 0.3 is 0 Å². The van der Waals surface area contributed by atoms with Crippen molar-refractivity contribution in [2.24, 2.45) is 0 Å². The molecular weight excluding hydrogens is 294 g/mol. The molecule has 0 aliphatic heterocycles. The number of aromatic nitrogens is 2. The van der Waals surface area contributed by atoms with Crippen molar-refractivity contribution >= 4 is 45.7 Å². The summed E-state index contributed by atoms with van der Waals surface area (Å²) in [4.78, 5) is 0. The highest BCUT2D eigenvalue weighted by Gasteiger charge is 2.06. The molecule has 19 heavy (non-hydrogen) atoms. The zero-order valence-corrected chi connectivity index (χ0v) is 13.7. The smallest absolute Gasteiger partial charge is 0.210 e. The predicted octanol–water partition coefficient (Wildman–Crippen LogP) is 4.35. The lowest BCUT2D eigenvalue weighted by molar-refractivity contribution is 1.01. The van der Waals surface area contributed by atoms with Crippen LogP contribution in [0.25, 0.3) is 0 Å². The van der Waals surface area contributed by atoms with Crippen LogP contribution >= 0.6 is 34.9 Å². The Balaban J connectivity index is 1.99. The first-order valence-electron chi connectivity index (χ1n) is 5.98. The van der Waals surface area contributed by atoms with Gasteiger partial charge in [-0.2, -0.15) is 11.8 Å². The number of thioether (sulfide) groups is 2. The average molecular weight is 312 g/mol. The SMILES string of the molecule is CSCCSc1nnc(Nc2ccc(C)cc2C)s1. The van der Waals surface area contributed by atoms with Crippen LogP contribution in [0.3, 0.4) is 0 Å². The molecule has 0 amide bonds. The lowest BCUT2D eigenvalue weighted by Gasteiger charge is -2.06. The van der Waals surface area contributed by atoms with Gasteiger partial charge in [-0.25, -0.2) is 0 Å². The lowest BCUT2D eigenvalue weighted by Crippen LogP contribution is -1.92. The molecule has 0 saturated heterocycles. The lowest BCUT2D eigenvalue weighted by atomic mass is 10.1. The predicted molar refractivity (Wildman–Crippen MR) is 88.2 cm³/mol. The minimum Gasteiger partial charge on any atom is -0.330 e. The number of benzene rings is 1. The minimum absolute atomic E-state index is 0.860. The molecule has 0 fully saturated rings. The van der Waals surface area contributed by atoms with E-state index in [9.17, 15) is 0 Å². The monoisotopic (exact) mass is 311 g/mol. The summed E-state index contributed by atoms with van der Waals surface area (Å²) in [5.41, 5.74) is 3.60. The van der Waals surface area contributed by atoms with Gasteiger partial charge in [0.2, 0.25) is 5.13 Å². The maximum absolute atomic E-state index is 4.19. The average Bonchev–Trinajstić information content (AvgIpc) is 2.81. The molecule has 1 heterocycles. The summed E-state index contributed by atoms with van der Waals surface area (Å²) in [5.74, 6) is 2.23. The topological polar surface area (TPSA) is 37.8 Å². The van der Waals surface area contributed by atoms with Gasteiger partial charge < -0.3 is 5.32 Å². The van der Waals surface area contributed by atoms with Crippen LogP contribution in [0.4, 0.5) is 10.8 Å². The molecule has 0 aliphatic carbocycles. The van der Waals surface area contributed by atoms with E-state index >= 15 is 0 Å². The molecule has 6 heteroatoms. The Kier molecular flexibility index (Phi) is 5.54. The van der Waals surface area contributed by atoms with E-state index in [0.717, 1.165) is 26.7 Å². The van der Waals surface area contributed by atoms with Gasteiger partial charge in [0.25, 0.3) is 0 Å². The second-order valence-corrected chi connectivity index (χ2v) is 7.46. The van der Waals surface area contributed by atoms with Gasteiger partial charge in [0.1, 0.15) is 0 Å². The summed E-state index contributed by atoms with van der Waals surface area (Å²) < 4.78 is 1.03. The molecule has 0 aliphatic rings. The highest BCUT2D eigenvalue weighted by Crippen LogP contribution is 2.29. The number of nitrogens with zero attached hydrogens (tertiary/aromatic N) is 2. The van der Waals surface area contributed by atoms with Gasteiger partial charge in [-0.1, -0.05) is 40.8 Å². The van der Waals surface area contributed by atoms with E-state index in [-0.39, 0.29) is 0 Å². The van der Waals surface area contributed by atoms with Crippen molar-refractivity contribution in [2.45, 2.75) is 18.2 Å². The van der Waals surface area contributed by atoms with Crippen molar-refractivity contribution in [3.8, 4) is 0 Å². The fourth-order valence-corrected chi connectivity index (χ4v) is 4.09. The van der Waals surface area contributed by atoms with E-state index in [1.807, 2.05) is 11.8 Å². The van der Waals surface area contributed by atoms with Crippen LogP contribution in [-0.2, 0) is 0 Å². The number of nitrogens with one attached hydrogen (secondary N) is 1. The number of rotatable bonds is 6. The summed E-state index contributed by atoms with van der Waals surface area (Å²) in [6.07, 6.45) is 2.12. The van der Waals surface area contributed by atoms with Crippen LogP contribution in [0.15, 0.2) is 22.5 Å². The molecule has 3 nitrogen and oxygen atoms in total. The molecule has 0 unspecified atom stereocenters. The number of hydrogen-bond donors (Lipinski definition) is 1. The van der Waals surface area contributed by atoms with Gasteiger partial charge in [-0.15, -0.1) is 10.2 Å². The Morgan fingerprint density at radius 2 is 2.05 bits per heavy atom. The highest BCUT2D eigenvalue weighted by atomic mass is 32.2. The second kappa shape index (κ2) is 7.17. The molecule has 1 aromatic carbocycles. The second-order valence-electron chi connectivity index (χ2n) is 4.16. The van der Waals surface area contributed by atoms with Crippen LogP contribution in [0.5, 0.6) is 0 Å². The van der Waals surface area contributed by atoms with E-state index in [0.29, 0.717) is 0 Å². The number of anilines is 2. The third-order valence-corrected chi connectivity index (χ3v) is 5.39. The zero-order chi connectivity index (χ0) is 13.7. The third kappa shape index (κ3) is 4.40. The van der Waals surface area contributed by atoms with Crippen molar-refractivity contribution in [1.29, 1.82) is 0 Å². The molecule has 0 bridgehead atoms. The maximum atomic E-state index is 4.19. The first-order valence-corrected chi connectivity index (χ1v) is 9.18. The van der Waals surface area contributed by atoms with Gasteiger partial charge in [-0.3, -0.25) is 0 Å². The fourth-order valence-electron chi connectivity index (χ4n) is 1.60. The van der Waals surface area contributed by atoms with Crippen LogP contribution in [0.1, 0.15) is 11.1 Å². The van der Waals surface area contributed by atoms with Crippen molar-refractivity contribution in [1.82, 2.24) is 10.2 Å². The molecule has 2 rings (SSSR count). The largest absolute Gasteiger partial charge is 0.330 e. The summed E-state index contributed by atoms with van der Waals surface area (Å²) in [5, 5.41) is 12.6. The Morgan fingerprint density at radius 3 is 2.79 bits per heavy atom. The van der Waals surface area contributed by atoms with Crippen molar-refractivity contribution < 1.29 is 0 Å². The van der Waals surface area contributed by atoms with Crippen LogP contribution in [0, 0.1) is 13.8 Å². The van der Waals surface area contributed by atoms with Crippen LogP contribution < -0.4 is 5.32 Å². The van der Waals surface area contributed by atoms with Crippen molar-refractivity contribution in [3.05, 3.63) is 29.3 Å². The Hall–Kier alpha value is -0.720. The molecule has 1 aromatic heterocycles. The summed E-state index contributed by atoms with van der Waals surface area (Å²) in [6.45, 7) is 4.20. The van der Waals surface area contributed by atoms with E-state index in [2.05, 4.69) is 53.8 Å². The molecule has 0 saturated carbocycles. The van der Waals surface area contributed by atoms with E-state index < -0.39 is 0 Å². The van der Waals surface area contributed by atoms with Gasteiger partial charge in [0, 0.05) is 17.2 Å². The number of aryl methyl sites for hydroxylation is 2. The zero-order valence-electron chi connectivity index (χ0n) is 11.3. The standard InChI is InChI=1S/C13H17N3S3/c1-9-4-5-11(10(2)8-9)14-12-15-16-13(19-12)18-7-6-17-3/h4-5,8H,6-7H2,1-3H3,(H,14,15). The maximum Gasteiger partial charge on any atom is 0.210 e. The molecule has 2 aromatic rings. The summed E-state index contributed by atoms with van der Waals surface area (Å²) in [6, 6.07) is 6.36. The van der Waals surface area contributed by atoms with E-state index in [1.54, 1.807) is 23.1 Å². The van der Waals surface area contributed by atoms with E-state index in [4.69, 9.17) is 0 Å². The highest BCUT2D eigenvalue weighted by molar-refractivity contribution is 8.03. The van der Waals surface area contributed by atoms with Gasteiger partial charge in [0.15, 0.2) is 4.34 Å².